The third-order valence-electron chi connectivity index (χ3n) is 3.42. The average Bonchev–Trinajstić information content (AvgIpc) is 2.30. The van der Waals surface area contributed by atoms with Crippen LogP contribution in [0.1, 0.15) is 64.7 Å². The maximum absolute atomic E-state index is 11.2. The molecule has 92 valence electrons. The van der Waals surface area contributed by atoms with Gasteiger partial charge in [0.25, 0.3) is 0 Å². The van der Waals surface area contributed by atoms with E-state index in [0.29, 0.717) is 0 Å². The lowest BCUT2D eigenvalue weighted by molar-refractivity contribution is -0.140. The van der Waals surface area contributed by atoms with E-state index in [0.717, 1.165) is 25.7 Å². The molecule has 0 spiro atoms. The van der Waals surface area contributed by atoms with Gasteiger partial charge in [0.15, 0.2) is 0 Å². The third-order valence-corrected chi connectivity index (χ3v) is 3.42. The van der Waals surface area contributed by atoms with E-state index in [2.05, 4.69) is 13.0 Å². The maximum Gasteiger partial charge on any atom is 0.310 e. The molecule has 2 heteroatoms. The van der Waals surface area contributed by atoms with Gasteiger partial charge in [0.2, 0.25) is 0 Å². The number of hydrogen-bond acceptors (Lipinski definition) is 1. The van der Waals surface area contributed by atoms with E-state index in [1.54, 1.807) is 0 Å². The molecule has 1 atom stereocenters. The van der Waals surface area contributed by atoms with Gasteiger partial charge in [-0.1, -0.05) is 44.3 Å². The molecule has 0 fully saturated rings. The quantitative estimate of drug-likeness (QED) is 0.521. The SMILES string of the molecule is CCCCCCC(C(=O)O)C1=CCCCC1. The van der Waals surface area contributed by atoms with Crippen LogP contribution in [0.3, 0.4) is 0 Å². The largest absolute Gasteiger partial charge is 0.481 e. The van der Waals surface area contributed by atoms with Crippen LogP contribution in [0.5, 0.6) is 0 Å². The molecule has 1 unspecified atom stereocenters. The van der Waals surface area contributed by atoms with Gasteiger partial charge in [0.05, 0.1) is 5.92 Å². The Labute approximate surface area is 98.7 Å². The fourth-order valence-corrected chi connectivity index (χ4v) is 2.42. The fraction of sp³-hybridized carbons (Fsp3) is 0.786. The summed E-state index contributed by atoms with van der Waals surface area (Å²) in [6, 6.07) is 0. The summed E-state index contributed by atoms with van der Waals surface area (Å²) < 4.78 is 0. The van der Waals surface area contributed by atoms with Gasteiger partial charge < -0.3 is 5.11 Å². The molecule has 16 heavy (non-hydrogen) atoms. The average molecular weight is 224 g/mol. The molecular formula is C14H24O2. The molecule has 1 aliphatic carbocycles. The first kappa shape index (κ1) is 13.3. The number of carboxylic acid groups (broad SMARTS) is 1. The molecule has 0 saturated carbocycles. The Kier molecular flexibility index (Phi) is 6.20. The van der Waals surface area contributed by atoms with Crippen LogP contribution in [0.4, 0.5) is 0 Å². The summed E-state index contributed by atoms with van der Waals surface area (Å²) in [5.74, 6) is -0.818. The molecule has 0 aromatic carbocycles. The summed E-state index contributed by atoms with van der Waals surface area (Å²) >= 11 is 0. The Hall–Kier alpha value is -0.790. The number of aliphatic carboxylic acids is 1. The normalized spacial score (nSPS) is 17.9. The minimum atomic E-state index is -0.621. The van der Waals surface area contributed by atoms with Crippen molar-refractivity contribution in [1.82, 2.24) is 0 Å². The summed E-state index contributed by atoms with van der Waals surface area (Å²) in [4.78, 5) is 11.2. The molecule has 1 N–H and O–H groups in total. The zero-order chi connectivity index (χ0) is 11.8. The molecule has 0 heterocycles. The smallest absolute Gasteiger partial charge is 0.310 e. The monoisotopic (exact) mass is 224 g/mol. The molecule has 0 radical (unpaired) electrons. The van der Waals surface area contributed by atoms with Crippen LogP contribution in [0.25, 0.3) is 0 Å². The van der Waals surface area contributed by atoms with Crippen molar-refractivity contribution in [1.29, 1.82) is 0 Å². The molecule has 0 bridgehead atoms. The van der Waals surface area contributed by atoms with Crippen molar-refractivity contribution in [2.45, 2.75) is 64.7 Å². The summed E-state index contributed by atoms with van der Waals surface area (Å²) in [7, 11) is 0. The molecule has 0 aromatic heterocycles. The minimum Gasteiger partial charge on any atom is -0.481 e. The predicted molar refractivity (Wildman–Crippen MR) is 66.4 cm³/mol. The number of allylic oxidation sites excluding steroid dienone is 1. The first-order valence-corrected chi connectivity index (χ1v) is 6.67. The van der Waals surface area contributed by atoms with Crippen molar-refractivity contribution in [3.05, 3.63) is 11.6 Å². The van der Waals surface area contributed by atoms with Gasteiger partial charge in [-0.25, -0.2) is 0 Å². The minimum absolute atomic E-state index is 0.197. The number of carbonyl (C=O) groups is 1. The standard InChI is InChI=1S/C14H24O2/c1-2-3-4-8-11-13(14(15)16)12-9-6-5-7-10-12/h9,13H,2-8,10-11H2,1H3,(H,15,16). The lowest BCUT2D eigenvalue weighted by Gasteiger charge is -2.19. The van der Waals surface area contributed by atoms with E-state index in [-0.39, 0.29) is 5.92 Å². The van der Waals surface area contributed by atoms with Crippen molar-refractivity contribution >= 4 is 5.97 Å². The second-order valence-corrected chi connectivity index (χ2v) is 4.76. The van der Waals surface area contributed by atoms with Crippen LogP contribution >= 0.6 is 0 Å². The molecule has 0 aromatic rings. The Bertz CT molecular complexity index is 243. The highest BCUT2D eigenvalue weighted by Crippen LogP contribution is 2.28. The highest BCUT2D eigenvalue weighted by molar-refractivity contribution is 5.73. The van der Waals surface area contributed by atoms with E-state index in [1.807, 2.05) is 0 Å². The molecular weight excluding hydrogens is 200 g/mol. The molecule has 0 aliphatic heterocycles. The highest BCUT2D eigenvalue weighted by atomic mass is 16.4. The van der Waals surface area contributed by atoms with Gasteiger partial charge in [-0.3, -0.25) is 4.79 Å². The van der Waals surface area contributed by atoms with E-state index in [9.17, 15) is 9.90 Å². The van der Waals surface area contributed by atoms with Crippen LogP contribution in [0.2, 0.25) is 0 Å². The fourth-order valence-electron chi connectivity index (χ4n) is 2.42. The Balaban J connectivity index is 2.41. The number of unbranched alkanes of at least 4 members (excludes halogenated alkanes) is 3. The van der Waals surface area contributed by atoms with Gasteiger partial charge in [-0.2, -0.15) is 0 Å². The van der Waals surface area contributed by atoms with Crippen LogP contribution < -0.4 is 0 Å². The van der Waals surface area contributed by atoms with Crippen molar-refractivity contribution in [2.75, 3.05) is 0 Å². The summed E-state index contributed by atoms with van der Waals surface area (Å²) in [5, 5.41) is 9.24. The Morgan fingerprint density at radius 3 is 2.75 bits per heavy atom. The van der Waals surface area contributed by atoms with Crippen molar-refractivity contribution < 1.29 is 9.90 Å². The Morgan fingerprint density at radius 2 is 2.19 bits per heavy atom. The maximum atomic E-state index is 11.2. The number of carboxylic acids is 1. The van der Waals surface area contributed by atoms with Crippen LogP contribution in [0, 0.1) is 5.92 Å². The van der Waals surface area contributed by atoms with Gasteiger partial charge in [-0.15, -0.1) is 0 Å². The number of rotatable bonds is 7. The van der Waals surface area contributed by atoms with Crippen molar-refractivity contribution in [3.63, 3.8) is 0 Å². The zero-order valence-electron chi connectivity index (χ0n) is 10.4. The summed E-state index contributed by atoms with van der Waals surface area (Å²) in [5.41, 5.74) is 1.19. The predicted octanol–water partition coefficient (Wildman–Crippen LogP) is 4.16. The van der Waals surface area contributed by atoms with E-state index >= 15 is 0 Å². The highest BCUT2D eigenvalue weighted by Gasteiger charge is 2.22. The van der Waals surface area contributed by atoms with Crippen molar-refractivity contribution in [2.24, 2.45) is 5.92 Å². The first-order chi connectivity index (χ1) is 7.75. The zero-order valence-corrected chi connectivity index (χ0v) is 10.4. The molecule has 2 nitrogen and oxygen atoms in total. The molecule has 1 rings (SSSR count). The first-order valence-electron chi connectivity index (χ1n) is 6.67. The van der Waals surface area contributed by atoms with Gasteiger partial charge in [0, 0.05) is 0 Å². The van der Waals surface area contributed by atoms with Gasteiger partial charge in [-0.05, 0) is 32.1 Å². The molecule has 1 aliphatic rings. The molecule has 0 saturated heterocycles. The second-order valence-electron chi connectivity index (χ2n) is 4.76. The van der Waals surface area contributed by atoms with Gasteiger partial charge in [0.1, 0.15) is 0 Å². The van der Waals surface area contributed by atoms with E-state index in [1.165, 1.54) is 37.7 Å². The Morgan fingerprint density at radius 1 is 1.38 bits per heavy atom. The van der Waals surface area contributed by atoms with E-state index in [4.69, 9.17) is 0 Å². The second kappa shape index (κ2) is 7.48. The van der Waals surface area contributed by atoms with Crippen molar-refractivity contribution in [3.8, 4) is 0 Å². The topological polar surface area (TPSA) is 37.3 Å². The summed E-state index contributed by atoms with van der Waals surface area (Å²) in [6.07, 6.45) is 12.2. The van der Waals surface area contributed by atoms with Crippen LogP contribution in [-0.4, -0.2) is 11.1 Å². The third kappa shape index (κ3) is 4.38. The van der Waals surface area contributed by atoms with E-state index < -0.39 is 5.97 Å². The van der Waals surface area contributed by atoms with Crippen LogP contribution in [-0.2, 0) is 4.79 Å². The summed E-state index contributed by atoms with van der Waals surface area (Å²) in [6.45, 7) is 2.18. The van der Waals surface area contributed by atoms with Gasteiger partial charge >= 0.3 is 5.97 Å². The number of hydrogen-bond donors (Lipinski definition) is 1. The lowest BCUT2D eigenvalue weighted by atomic mass is 9.86. The van der Waals surface area contributed by atoms with Crippen LogP contribution in [0.15, 0.2) is 11.6 Å². The lowest BCUT2D eigenvalue weighted by Crippen LogP contribution is -2.17. The molecule has 0 amide bonds.